The molecule has 1 saturated heterocycles. The van der Waals surface area contributed by atoms with Gasteiger partial charge in [-0.2, -0.15) is 8.42 Å². The summed E-state index contributed by atoms with van der Waals surface area (Å²) in [6.07, 6.45) is 3.96. The van der Waals surface area contributed by atoms with E-state index in [-0.39, 0.29) is 11.7 Å². The fourth-order valence-corrected chi connectivity index (χ4v) is 5.61. The van der Waals surface area contributed by atoms with Gasteiger partial charge in [-0.25, -0.2) is 0 Å². The number of rotatable bonds is 3. The number of nitrogens with one attached hydrogen (secondary N) is 1. The van der Waals surface area contributed by atoms with Crippen LogP contribution in [0.2, 0.25) is 0 Å². The first kappa shape index (κ1) is 21.3. The molecule has 164 valence electrons. The standard InChI is InChI=1S/C22H29NO6S/c1-14-12-15(2)17(16(3)13-14)18-19(29-30(4,25)26)21(23-20(18)24)6-8-22(9-7-21)27-10-5-11-28-22/h12-13H,5-11H2,1-4H3,(H,23,24). The van der Waals surface area contributed by atoms with Crippen LogP contribution < -0.4 is 5.32 Å². The van der Waals surface area contributed by atoms with E-state index < -0.39 is 21.4 Å². The fourth-order valence-electron chi connectivity index (χ4n) is 5.07. The van der Waals surface area contributed by atoms with Gasteiger partial charge in [0.2, 0.25) is 0 Å². The number of hydrogen-bond acceptors (Lipinski definition) is 6. The van der Waals surface area contributed by atoms with Gasteiger partial charge < -0.3 is 19.0 Å². The number of aryl methyl sites for hydroxylation is 3. The predicted molar refractivity (Wildman–Crippen MR) is 112 cm³/mol. The molecule has 4 rings (SSSR count). The van der Waals surface area contributed by atoms with Crippen molar-refractivity contribution >= 4 is 21.6 Å². The molecule has 1 saturated carbocycles. The van der Waals surface area contributed by atoms with Crippen LogP contribution in [0.1, 0.15) is 54.4 Å². The Hall–Kier alpha value is -1.90. The van der Waals surface area contributed by atoms with Gasteiger partial charge in [0.05, 0.1) is 25.0 Å². The summed E-state index contributed by atoms with van der Waals surface area (Å²) >= 11 is 0. The Morgan fingerprint density at radius 2 is 1.57 bits per heavy atom. The smallest absolute Gasteiger partial charge is 0.306 e. The van der Waals surface area contributed by atoms with Crippen molar-refractivity contribution < 1.29 is 26.9 Å². The highest BCUT2D eigenvalue weighted by atomic mass is 32.2. The minimum atomic E-state index is -3.83. The van der Waals surface area contributed by atoms with Crippen LogP contribution in [0.3, 0.4) is 0 Å². The van der Waals surface area contributed by atoms with Gasteiger partial charge in [-0.05, 0) is 56.7 Å². The van der Waals surface area contributed by atoms with Crippen molar-refractivity contribution in [3.05, 3.63) is 40.1 Å². The molecule has 1 aliphatic carbocycles. The van der Waals surface area contributed by atoms with Crippen LogP contribution >= 0.6 is 0 Å². The van der Waals surface area contributed by atoms with E-state index in [0.29, 0.717) is 44.5 Å². The van der Waals surface area contributed by atoms with Gasteiger partial charge in [0.15, 0.2) is 11.5 Å². The summed E-state index contributed by atoms with van der Waals surface area (Å²) in [5.74, 6) is -0.746. The quantitative estimate of drug-likeness (QED) is 0.734. The molecular weight excluding hydrogens is 406 g/mol. The summed E-state index contributed by atoms with van der Waals surface area (Å²) in [4.78, 5) is 13.2. The van der Waals surface area contributed by atoms with Crippen molar-refractivity contribution in [1.29, 1.82) is 0 Å². The van der Waals surface area contributed by atoms with Crippen LogP contribution in [0.5, 0.6) is 0 Å². The fraction of sp³-hybridized carbons (Fsp3) is 0.591. The second kappa shape index (κ2) is 7.35. The Kier molecular flexibility index (Phi) is 5.23. The number of benzene rings is 1. The zero-order valence-corrected chi connectivity index (χ0v) is 18.8. The van der Waals surface area contributed by atoms with Gasteiger partial charge in [-0.1, -0.05) is 17.7 Å². The molecule has 1 aromatic carbocycles. The third kappa shape index (κ3) is 3.76. The molecule has 0 bridgehead atoms. The molecule has 3 aliphatic rings. The highest BCUT2D eigenvalue weighted by Crippen LogP contribution is 2.48. The molecule has 0 radical (unpaired) electrons. The van der Waals surface area contributed by atoms with Gasteiger partial charge >= 0.3 is 10.1 Å². The third-order valence-electron chi connectivity index (χ3n) is 6.29. The Balaban J connectivity index is 1.80. The Bertz CT molecular complexity index is 987. The highest BCUT2D eigenvalue weighted by molar-refractivity contribution is 7.86. The molecule has 2 heterocycles. The molecule has 30 heavy (non-hydrogen) atoms. The third-order valence-corrected chi connectivity index (χ3v) is 6.76. The van der Waals surface area contributed by atoms with E-state index in [0.717, 1.165) is 34.9 Å². The first-order valence-corrected chi connectivity index (χ1v) is 12.2. The van der Waals surface area contributed by atoms with Crippen molar-refractivity contribution in [3.63, 3.8) is 0 Å². The average Bonchev–Trinajstić information content (AvgIpc) is 2.89. The van der Waals surface area contributed by atoms with E-state index in [1.54, 1.807) is 0 Å². The number of ether oxygens (including phenoxy) is 2. The summed E-state index contributed by atoms with van der Waals surface area (Å²) in [5, 5.41) is 3.07. The van der Waals surface area contributed by atoms with Gasteiger partial charge in [-0.3, -0.25) is 4.79 Å². The first-order valence-electron chi connectivity index (χ1n) is 10.4. The summed E-state index contributed by atoms with van der Waals surface area (Å²) in [5.41, 5.74) is 3.08. The molecule has 8 heteroatoms. The second-order valence-corrected chi connectivity index (χ2v) is 10.3. The zero-order valence-electron chi connectivity index (χ0n) is 18.0. The van der Waals surface area contributed by atoms with Crippen molar-refractivity contribution in [2.75, 3.05) is 19.5 Å². The summed E-state index contributed by atoms with van der Waals surface area (Å²) < 4.78 is 41.7. The van der Waals surface area contributed by atoms with Crippen molar-refractivity contribution in [2.45, 2.75) is 64.2 Å². The normalized spacial score (nSPS) is 23.1. The van der Waals surface area contributed by atoms with Gasteiger partial charge in [0.25, 0.3) is 5.91 Å². The van der Waals surface area contributed by atoms with Crippen molar-refractivity contribution in [3.8, 4) is 0 Å². The van der Waals surface area contributed by atoms with Crippen LogP contribution in [0, 0.1) is 20.8 Å². The Labute approximate surface area is 177 Å². The second-order valence-electron chi connectivity index (χ2n) is 8.76. The molecular formula is C22H29NO6S. The molecule has 2 fully saturated rings. The van der Waals surface area contributed by atoms with E-state index in [2.05, 4.69) is 5.32 Å². The molecule has 0 atom stereocenters. The first-order chi connectivity index (χ1) is 14.0. The maximum Gasteiger partial charge on any atom is 0.306 e. The summed E-state index contributed by atoms with van der Waals surface area (Å²) in [6, 6.07) is 3.98. The van der Waals surface area contributed by atoms with Crippen LogP contribution in [0.25, 0.3) is 5.57 Å². The number of carbonyl (C=O) groups excluding carboxylic acids is 1. The predicted octanol–water partition coefficient (Wildman–Crippen LogP) is 2.87. The Morgan fingerprint density at radius 1 is 1.00 bits per heavy atom. The molecule has 0 unspecified atom stereocenters. The maximum absolute atomic E-state index is 13.2. The molecule has 0 aromatic heterocycles. The van der Waals surface area contributed by atoms with Crippen LogP contribution in [-0.4, -0.2) is 45.1 Å². The number of amides is 1. The van der Waals surface area contributed by atoms with Gasteiger partial charge in [0.1, 0.15) is 5.54 Å². The minimum Gasteiger partial charge on any atom is -0.384 e. The number of hydrogen-bond donors (Lipinski definition) is 1. The lowest BCUT2D eigenvalue weighted by molar-refractivity contribution is -0.284. The maximum atomic E-state index is 13.2. The topological polar surface area (TPSA) is 90.9 Å². The largest absolute Gasteiger partial charge is 0.384 e. The van der Waals surface area contributed by atoms with E-state index in [1.807, 2.05) is 32.9 Å². The molecule has 1 N–H and O–H groups in total. The molecule has 2 spiro atoms. The van der Waals surface area contributed by atoms with E-state index >= 15 is 0 Å². The minimum absolute atomic E-state index is 0.204. The van der Waals surface area contributed by atoms with Gasteiger partial charge in [-0.15, -0.1) is 0 Å². The molecule has 7 nitrogen and oxygen atoms in total. The SMILES string of the molecule is Cc1cc(C)c(C2=C(OS(C)(=O)=O)C3(CCC4(CC3)OCCCO4)NC2=O)c(C)c1. The van der Waals surface area contributed by atoms with Crippen molar-refractivity contribution in [1.82, 2.24) is 5.32 Å². The molecule has 2 aliphatic heterocycles. The van der Waals surface area contributed by atoms with Gasteiger partial charge in [0, 0.05) is 12.8 Å². The van der Waals surface area contributed by atoms with E-state index in [1.165, 1.54) is 0 Å². The highest BCUT2D eigenvalue weighted by Gasteiger charge is 2.54. The van der Waals surface area contributed by atoms with Crippen LogP contribution in [-0.2, 0) is 28.6 Å². The molecule has 1 aromatic rings. The lowest BCUT2D eigenvalue weighted by Crippen LogP contribution is -2.54. The summed E-state index contributed by atoms with van der Waals surface area (Å²) in [7, 11) is -3.83. The van der Waals surface area contributed by atoms with Crippen molar-refractivity contribution in [2.24, 2.45) is 0 Å². The molecule has 1 amide bonds. The summed E-state index contributed by atoms with van der Waals surface area (Å²) in [6.45, 7) is 7.15. The van der Waals surface area contributed by atoms with Crippen LogP contribution in [0.4, 0.5) is 0 Å². The number of carbonyl (C=O) groups is 1. The van der Waals surface area contributed by atoms with E-state index in [9.17, 15) is 13.2 Å². The monoisotopic (exact) mass is 435 g/mol. The average molecular weight is 436 g/mol. The lowest BCUT2D eigenvalue weighted by atomic mass is 9.77. The zero-order chi connectivity index (χ0) is 21.7. The lowest BCUT2D eigenvalue weighted by Gasteiger charge is -2.46. The Morgan fingerprint density at radius 3 is 2.10 bits per heavy atom. The van der Waals surface area contributed by atoms with E-state index in [4.69, 9.17) is 13.7 Å². The van der Waals surface area contributed by atoms with Crippen LogP contribution in [0.15, 0.2) is 17.9 Å².